The first-order chi connectivity index (χ1) is 23.5. The fourth-order valence-electron chi connectivity index (χ4n) is 5.68. The number of aliphatic hydroxyl groups is 2. The number of alkyl carbamates (subject to hydrolysis) is 1. The molecule has 2 aliphatic rings. The Labute approximate surface area is 282 Å². The Hall–Kier alpha value is -4.60. The van der Waals surface area contributed by atoms with Gasteiger partial charge >= 0.3 is 6.09 Å². The molecule has 0 unspecified atom stereocenters. The second-order valence-corrected chi connectivity index (χ2v) is 12.5. The van der Waals surface area contributed by atoms with Crippen molar-refractivity contribution < 1.29 is 38.7 Å². The molecule has 1 aliphatic carbocycles. The predicted molar refractivity (Wildman–Crippen MR) is 173 cm³/mol. The summed E-state index contributed by atoms with van der Waals surface area (Å²) in [5, 5.41) is 36.2. The maximum atomic E-state index is 12.5. The van der Waals surface area contributed by atoms with Gasteiger partial charge in [-0.1, -0.05) is 76.0 Å². The van der Waals surface area contributed by atoms with Crippen molar-refractivity contribution in [3.05, 3.63) is 103 Å². The highest BCUT2D eigenvalue weighted by molar-refractivity contribution is 5.68. The van der Waals surface area contributed by atoms with Crippen LogP contribution in [0.4, 0.5) is 4.79 Å². The van der Waals surface area contributed by atoms with E-state index >= 15 is 0 Å². The first-order valence-corrected chi connectivity index (χ1v) is 15.6. The van der Waals surface area contributed by atoms with Gasteiger partial charge in [0, 0.05) is 14.7 Å². The smallest absolute Gasteiger partial charge is 0.407 e. The quantitative estimate of drug-likeness (QED) is 0.148. The van der Waals surface area contributed by atoms with Crippen LogP contribution in [0, 0.1) is 0 Å². The summed E-state index contributed by atoms with van der Waals surface area (Å²) in [4.78, 5) is 21.2. The number of rotatable bonds is 13. The van der Waals surface area contributed by atoms with Crippen LogP contribution in [-0.2, 0) is 36.9 Å². The fourth-order valence-corrected chi connectivity index (χ4v) is 5.68. The minimum absolute atomic E-state index is 0.0687. The van der Waals surface area contributed by atoms with Crippen LogP contribution in [0.2, 0.25) is 0 Å². The van der Waals surface area contributed by atoms with Gasteiger partial charge in [0.2, 0.25) is 0 Å². The zero-order valence-electron chi connectivity index (χ0n) is 27.2. The average Bonchev–Trinajstić information content (AvgIpc) is 3.07. The minimum Gasteiger partial charge on any atom is -0.444 e. The lowest BCUT2D eigenvalue weighted by atomic mass is 9.84. The normalized spacial score (nSPS) is 29.7. The van der Waals surface area contributed by atoms with Crippen molar-refractivity contribution in [1.82, 2.24) is 5.32 Å². The van der Waals surface area contributed by atoms with Crippen molar-refractivity contribution in [1.29, 1.82) is 0 Å². The highest BCUT2D eigenvalue weighted by Crippen LogP contribution is 2.35. The van der Waals surface area contributed by atoms with E-state index in [0.29, 0.717) is 0 Å². The van der Waals surface area contributed by atoms with Gasteiger partial charge in [-0.25, -0.2) is 4.79 Å². The number of amides is 1. The largest absolute Gasteiger partial charge is 0.444 e. The number of aliphatic hydroxyl groups excluding tert-OH is 2. The van der Waals surface area contributed by atoms with E-state index in [2.05, 4.69) is 35.4 Å². The molecule has 1 aliphatic heterocycles. The van der Waals surface area contributed by atoms with Gasteiger partial charge in [-0.15, -0.1) is 0 Å². The van der Waals surface area contributed by atoms with Gasteiger partial charge in [0.15, 0.2) is 6.29 Å². The lowest BCUT2D eigenvalue weighted by Crippen LogP contribution is -2.65. The molecule has 3 N–H and O–H groups in total. The Morgan fingerprint density at radius 1 is 0.878 bits per heavy atom. The summed E-state index contributed by atoms with van der Waals surface area (Å²) in [6.45, 7) is 4.94. The van der Waals surface area contributed by atoms with Crippen molar-refractivity contribution in [3.8, 4) is 0 Å². The molecular formula is C31H40N10O8. The molecule has 1 saturated carbocycles. The summed E-state index contributed by atoms with van der Waals surface area (Å²) in [6, 6.07) is 15.0. The summed E-state index contributed by atoms with van der Waals surface area (Å²) in [5.41, 5.74) is 29.0. The zero-order valence-corrected chi connectivity index (χ0v) is 27.2. The van der Waals surface area contributed by atoms with Crippen molar-refractivity contribution in [2.75, 3.05) is 6.54 Å². The average molecular weight is 681 g/mol. The third-order valence-corrected chi connectivity index (χ3v) is 7.86. The summed E-state index contributed by atoms with van der Waals surface area (Å²) in [6.07, 6.45) is -10.1. The van der Waals surface area contributed by atoms with E-state index in [0.717, 1.165) is 11.1 Å². The molecule has 0 bridgehead atoms. The van der Waals surface area contributed by atoms with Crippen LogP contribution < -0.4 is 5.32 Å². The van der Waals surface area contributed by atoms with Crippen LogP contribution in [0.15, 0.2) is 76.0 Å². The molecule has 0 radical (unpaired) electrons. The van der Waals surface area contributed by atoms with Crippen LogP contribution in [0.1, 0.15) is 38.3 Å². The van der Waals surface area contributed by atoms with E-state index in [-0.39, 0.29) is 26.2 Å². The van der Waals surface area contributed by atoms with Gasteiger partial charge in [0.05, 0.1) is 44.1 Å². The zero-order chi connectivity index (χ0) is 35.4. The standard InChI is InChI=1S/C31H40N10O8/c1-31(2,3)49-30(44)36-20-14-21(37-40-33)26(25(43)24(20)42)48-29-23(38-41-34)28(46-17-19-12-8-5-9-13-19)27(22(47-29)15-35-39-32)45-16-18-10-6-4-7-11-18/h4-13,20-29,42-43H,14-17H2,1-3H3,(H,36,44)/t20-,21+,22-,23-,24+,25-,26-,27-,28-,29-/m1/s1. The number of hydrogen-bond donors (Lipinski definition) is 3. The Kier molecular flexibility index (Phi) is 13.4. The van der Waals surface area contributed by atoms with Gasteiger partial charge in [-0.2, -0.15) is 0 Å². The van der Waals surface area contributed by atoms with E-state index in [4.69, 9.17) is 29.2 Å². The second kappa shape index (κ2) is 17.7. The van der Waals surface area contributed by atoms with Gasteiger partial charge in [0.1, 0.15) is 36.1 Å². The first kappa shape index (κ1) is 37.2. The van der Waals surface area contributed by atoms with E-state index in [1.54, 1.807) is 20.8 Å². The molecule has 2 aromatic rings. The molecule has 1 heterocycles. The van der Waals surface area contributed by atoms with E-state index < -0.39 is 72.7 Å². The Morgan fingerprint density at radius 2 is 1.47 bits per heavy atom. The molecule has 18 nitrogen and oxygen atoms in total. The molecule has 49 heavy (non-hydrogen) atoms. The van der Waals surface area contributed by atoms with E-state index in [1.165, 1.54) is 0 Å². The van der Waals surface area contributed by atoms with Gasteiger partial charge in [-0.05, 0) is 54.9 Å². The van der Waals surface area contributed by atoms with E-state index in [1.807, 2.05) is 60.7 Å². The number of carbonyl (C=O) groups excluding carboxylic acids is 1. The molecule has 10 atom stereocenters. The summed E-state index contributed by atoms with van der Waals surface area (Å²) in [7, 11) is 0. The monoisotopic (exact) mass is 680 g/mol. The number of ether oxygens (including phenoxy) is 5. The highest BCUT2D eigenvalue weighted by atomic mass is 16.7. The van der Waals surface area contributed by atoms with E-state index in [9.17, 15) is 26.1 Å². The molecule has 1 saturated heterocycles. The molecule has 1 amide bonds. The van der Waals surface area contributed by atoms with Crippen LogP contribution >= 0.6 is 0 Å². The number of azide groups is 3. The Bertz CT molecular complexity index is 1510. The Balaban J connectivity index is 1.65. The highest BCUT2D eigenvalue weighted by Gasteiger charge is 2.52. The third kappa shape index (κ3) is 10.4. The molecular weight excluding hydrogens is 640 g/mol. The van der Waals surface area contributed by atoms with Crippen LogP contribution in [0.25, 0.3) is 31.3 Å². The maximum Gasteiger partial charge on any atom is 0.407 e. The van der Waals surface area contributed by atoms with Crippen LogP contribution in [-0.4, -0.2) is 89.5 Å². The number of carbonyl (C=O) groups is 1. The SMILES string of the molecule is CC(C)(C)OC(=O)N[C@@H]1C[C@H](N=[N+]=[N-])[C@@H](O[C@H]2O[C@H](CN=[N+]=[N-])[C@@H](OCc3ccccc3)[C@H](OCc3ccccc3)[C@H]2N=[N+]=[N-])[C@H](O)[C@H]1O. The predicted octanol–water partition coefficient (Wildman–Crippen LogP) is 4.95. The topological polar surface area (TPSA) is 262 Å². The summed E-state index contributed by atoms with van der Waals surface area (Å²) in [5.74, 6) is 0. The minimum atomic E-state index is -1.72. The van der Waals surface area contributed by atoms with Crippen molar-refractivity contribution in [3.63, 3.8) is 0 Å². The first-order valence-electron chi connectivity index (χ1n) is 15.6. The molecule has 2 fully saturated rings. The van der Waals surface area contributed by atoms with Crippen LogP contribution in [0.3, 0.4) is 0 Å². The van der Waals surface area contributed by atoms with Gasteiger partial charge in [0.25, 0.3) is 0 Å². The van der Waals surface area contributed by atoms with Crippen molar-refractivity contribution in [2.45, 2.75) is 107 Å². The maximum absolute atomic E-state index is 12.5. The van der Waals surface area contributed by atoms with Crippen LogP contribution in [0.5, 0.6) is 0 Å². The van der Waals surface area contributed by atoms with Crippen molar-refractivity contribution in [2.24, 2.45) is 15.3 Å². The number of benzene rings is 2. The summed E-state index contributed by atoms with van der Waals surface area (Å²) >= 11 is 0. The number of hydrogen-bond acceptors (Lipinski definition) is 11. The fraction of sp³-hybridized carbons (Fsp3) is 0.581. The molecule has 262 valence electrons. The second-order valence-electron chi connectivity index (χ2n) is 12.5. The van der Waals surface area contributed by atoms with Gasteiger partial charge < -0.3 is 39.2 Å². The Morgan fingerprint density at radius 3 is 2.02 bits per heavy atom. The lowest BCUT2D eigenvalue weighted by molar-refractivity contribution is -0.300. The molecule has 0 aromatic heterocycles. The lowest BCUT2D eigenvalue weighted by Gasteiger charge is -2.47. The van der Waals surface area contributed by atoms with Gasteiger partial charge in [-0.3, -0.25) is 0 Å². The molecule has 2 aromatic carbocycles. The number of nitrogens with zero attached hydrogens (tertiary/aromatic N) is 9. The summed E-state index contributed by atoms with van der Waals surface area (Å²) < 4.78 is 30.3. The number of nitrogens with one attached hydrogen (secondary N) is 1. The molecule has 0 spiro atoms. The molecule has 18 heteroatoms. The molecule has 4 rings (SSSR count). The van der Waals surface area contributed by atoms with Crippen molar-refractivity contribution >= 4 is 6.09 Å². The third-order valence-electron chi connectivity index (χ3n) is 7.86.